The molecular weight excluding hydrogens is 218 g/mol. The third-order valence-electron chi connectivity index (χ3n) is 3.06. The van der Waals surface area contributed by atoms with Gasteiger partial charge in [0.1, 0.15) is 0 Å². The molecular formula is C12H13N3O2. The van der Waals surface area contributed by atoms with Crippen LogP contribution in [0, 0.1) is 4.91 Å². The molecule has 0 saturated carbocycles. The summed E-state index contributed by atoms with van der Waals surface area (Å²) in [4.78, 5) is 23.2. The molecule has 0 saturated heterocycles. The second-order valence-corrected chi connectivity index (χ2v) is 3.94. The summed E-state index contributed by atoms with van der Waals surface area (Å²) in [7, 11) is 0. The number of anilines is 1. The normalized spacial score (nSPS) is 23.8. The minimum Gasteiger partial charge on any atom is -0.269 e. The summed E-state index contributed by atoms with van der Waals surface area (Å²) in [6.07, 6.45) is 0.327. The van der Waals surface area contributed by atoms with E-state index in [9.17, 15) is 9.70 Å². The van der Waals surface area contributed by atoms with Gasteiger partial charge in [-0.2, -0.15) is 10.1 Å². The van der Waals surface area contributed by atoms with Gasteiger partial charge in [0, 0.05) is 0 Å². The zero-order valence-electron chi connectivity index (χ0n) is 9.75. The van der Waals surface area contributed by atoms with E-state index in [1.54, 1.807) is 26.0 Å². The molecule has 1 atom stereocenters. The van der Waals surface area contributed by atoms with E-state index in [2.05, 4.69) is 10.3 Å². The lowest BCUT2D eigenvalue weighted by atomic mass is 9.92. The van der Waals surface area contributed by atoms with Crippen molar-refractivity contribution in [1.82, 2.24) is 0 Å². The van der Waals surface area contributed by atoms with E-state index in [-0.39, 0.29) is 5.91 Å². The molecule has 17 heavy (non-hydrogen) atoms. The monoisotopic (exact) mass is 231 g/mol. The summed E-state index contributed by atoms with van der Waals surface area (Å²) in [5.41, 5.74) is -0.227. The predicted molar refractivity (Wildman–Crippen MR) is 65.9 cm³/mol. The van der Waals surface area contributed by atoms with Gasteiger partial charge in [0.05, 0.1) is 11.4 Å². The fourth-order valence-electron chi connectivity index (χ4n) is 1.93. The van der Waals surface area contributed by atoms with Crippen LogP contribution in [-0.2, 0) is 4.79 Å². The summed E-state index contributed by atoms with van der Waals surface area (Å²) in [6, 6.07) is 9.02. The number of carbonyl (C=O) groups is 1. The Labute approximate surface area is 99.1 Å². The number of carbonyl (C=O) groups excluding carboxylic acids is 1. The maximum atomic E-state index is 12.2. The number of hydrogen-bond donors (Lipinski definition) is 0. The molecule has 0 N–H and O–H groups in total. The molecule has 88 valence electrons. The predicted octanol–water partition coefficient (Wildman–Crippen LogP) is 2.32. The second kappa shape index (κ2) is 4.08. The van der Waals surface area contributed by atoms with Crippen LogP contribution in [0.2, 0.25) is 0 Å². The number of nitroso groups, excluding NO2 is 1. The molecule has 1 aromatic rings. The van der Waals surface area contributed by atoms with Gasteiger partial charge < -0.3 is 0 Å². The van der Waals surface area contributed by atoms with Crippen molar-refractivity contribution in [1.29, 1.82) is 0 Å². The summed E-state index contributed by atoms with van der Waals surface area (Å²) >= 11 is 0. The average Bonchev–Trinajstić information content (AvgIpc) is 2.63. The van der Waals surface area contributed by atoms with Gasteiger partial charge in [0.25, 0.3) is 5.91 Å². The highest BCUT2D eigenvalue weighted by Crippen LogP contribution is 2.31. The molecule has 2 rings (SSSR count). The van der Waals surface area contributed by atoms with E-state index in [4.69, 9.17) is 0 Å². The van der Waals surface area contributed by atoms with Crippen LogP contribution in [0.5, 0.6) is 0 Å². The molecule has 1 aliphatic rings. The van der Waals surface area contributed by atoms with E-state index in [0.29, 0.717) is 17.8 Å². The highest BCUT2D eigenvalue weighted by Gasteiger charge is 2.50. The Bertz CT molecular complexity index is 484. The van der Waals surface area contributed by atoms with E-state index < -0.39 is 5.54 Å². The first-order chi connectivity index (χ1) is 8.15. The smallest absolute Gasteiger partial charge is 0.269 e. The van der Waals surface area contributed by atoms with Crippen molar-refractivity contribution in [3.05, 3.63) is 35.2 Å². The summed E-state index contributed by atoms with van der Waals surface area (Å²) in [5.74, 6) is -0.376. The fraction of sp³-hybridized carbons (Fsp3) is 0.333. The van der Waals surface area contributed by atoms with Crippen LogP contribution in [0.15, 0.2) is 40.6 Å². The quantitative estimate of drug-likeness (QED) is 0.749. The molecule has 1 aliphatic heterocycles. The molecule has 0 spiro atoms. The van der Waals surface area contributed by atoms with E-state index in [0.717, 1.165) is 0 Å². The van der Waals surface area contributed by atoms with E-state index in [1.165, 1.54) is 5.01 Å². The molecule has 1 unspecified atom stereocenters. The van der Waals surface area contributed by atoms with Crippen molar-refractivity contribution in [3.63, 3.8) is 0 Å². The summed E-state index contributed by atoms with van der Waals surface area (Å²) in [6.45, 7) is 3.42. The van der Waals surface area contributed by atoms with E-state index >= 15 is 0 Å². The molecule has 5 heteroatoms. The Balaban J connectivity index is 2.44. The maximum absolute atomic E-state index is 12.2. The van der Waals surface area contributed by atoms with Crippen molar-refractivity contribution in [2.45, 2.75) is 25.8 Å². The van der Waals surface area contributed by atoms with Gasteiger partial charge in [0.15, 0.2) is 0 Å². The van der Waals surface area contributed by atoms with E-state index in [1.807, 2.05) is 18.2 Å². The van der Waals surface area contributed by atoms with Gasteiger partial charge in [-0.05, 0) is 30.7 Å². The molecule has 0 aromatic heterocycles. The Morgan fingerprint density at radius 3 is 2.47 bits per heavy atom. The third kappa shape index (κ3) is 1.54. The van der Waals surface area contributed by atoms with Crippen LogP contribution in [0.25, 0.3) is 0 Å². The van der Waals surface area contributed by atoms with Crippen molar-refractivity contribution in [3.8, 4) is 0 Å². The number of amides is 1. The van der Waals surface area contributed by atoms with Gasteiger partial charge >= 0.3 is 0 Å². The number of benzene rings is 1. The van der Waals surface area contributed by atoms with Crippen LogP contribution in [0.1, 0.15) is 20.3 Å². The maximum Gasteiger partial charge on any atom is 0.284 e. The Kier molecular flexibility index (Phi) is 2.75. The summed E-state index contributed by atoms with van der Waals surface area (Å²) in [5, 5.41) is 8.40. The highest BCUT2D eigenvalue weighted by atomic mass is 16.3. The molecule has 5 nitrogen and oxygen atoms in total. The van der Waals surface area contributed by atoms with Crippen LogP contribution >= 0.6 is 0 Å². The van der Waals surface area contributed by atoms with Crippen molar-refractivity contribution in [2.75, 3.05) is 5.01 Å². The average molecular weight is 231 g/mol. The Morgan fingerprint density at radius 1 is 1.35 bits per heavy atom. The van der Waals surface area contributed by atoms with Crippen LogP contribution in [-0.4, -0.2) is 17.2 Å². The third-order valence-corrected chi connectivity index (χ3v) is 3.06. The lowest BCUT2D eigenvalue weighted by Crippen LogP contribution is -2.43. The highest BCUT2D eigenvalue weighted by molar-refractivity contribution is 6.22. The summed E-state index contributed by atoms with van der Waals surface area (Å²) < 4.78 is 0. The number of hydrazone groups is 1. The number of hydrogen-bond acceptors (Lipinski definition) is 4. The molecule has 0 fully saturated rings. The van der Waals surface area contributed by atoms with Crippen molar-refractivity contribution in [2.24, 2.45) is 10.3 Å². The first kappa shape index (κ1) is 11.4. The minimum absolute atomic E-state index is 0.327. The zero-order valence-corrected chi connectivity index (χ0v) is 9.75. The molecule has 0 radical (unpaired) electrons. The van der Waals surface area contributed by atoms with Crippen LogP contribution in [0.3, 0.4) is 0 Å². The minimum atomic E-state index is -1.32. The Morgan fingerprint density at radius 2 is 2.00 bits per heavy atom. The van der Waals surface area contributed by atoms with Gasteiger partial charge in [0.2, 0.25) is 5.54 Å². The largest absolute Gasteiger partial charge is 0.284 e. The van der Waals surface area contributed by atoms with Gasteiger partial charge in [-0.3, -0.25) is 4.79 Å². The molecule has 1 heterocycles. The zero-order chi connectivity index (χ0) is 12.5. The van der Waals surface area contributed by atoms with Gasteiger partial charge in [-0.25, -0.2) is 0 Å². The molecule has 1 amide bonds. The van der Waals surface area contributed by atoms with Crippen LogP contribution < -0.4 is 5.01 Å². The first-order valence-electron chi connectivity index (χ1n) is 5.45. The van der Waals surface area contributed by atoms with Gasteiger partial charge in [-0.15, -0.1) is 4.91 Å². The van der Waals surface area contributed by atoms with Gasteiger partial charge in [-0.1, -0.05) is 25.1 Å². The fourth-order valence-corrected chi connectivity index (χ4v) is 1.93. The number of para-hydroxylation sites is 1. The SMILES string of the molecule is CCC1(N=O)C(=O)N(c2ccccc2)N=C1C. The Hall–Kier alpha value is -2.04. The van der Waals surface area contributed by atoms with Crippen molar-refractivity contribution >= 4 is 17.3 Å². The lowest BCUT2D eigenvalue weighted by molar-refractivity contribution is -0.120. The first-order valence-corrected chi connectivity index (χ1v) is 5.45. The second-order valence-electron chi connectivity index (χ2n) is 3.94. The number of rotatable bonds is 3. The van der Waals surface area contributed by atoms with Crippen molar-refractivity contribution < 1.29 is 4.79 Å². The standard InChI is InChI=1S/C12H13N3O2/c1-3-12(14-17)9(2)13-15(11(12)16)10-7-5-4-6-8-10/h4-8H,3H2,1-2H3. The molecule has 0 bridgehead atoms. The topological polar surface area (TPSA) is 62.1 Å². The number of nitrogens with zero attached hydrogens (tertiary/aromatic N) is 3. The lowest BCUT2D eigenvalue weighted by Gasteiger charge is -2.18. The van der Waals surface area contributed by atoms with Crippen LogP contribution in [0.4, 0.5) is 5.69 Å². The molecule has 1 aromatic carbocycles. The molecule has 0 aliphatic carbocycles.